The van der Waals surface area contributed by atoms with E-state index in [1.165, 1.54) is 10.7 Å². The minimum atomic E-state index is 0.490. The van der Waals surface area contributed by atoms with Gasteiger partial charge in [0.1, 0.15) is 0 Å². The molecule has 5 nitrogen and oxygen atoms in total. The molecule has 1 aromatic heterocycles. The lowest BCUT2D eigenvalue weighted by Gasteiger charge is -2.37. The maximum absolute atomic E-state index is 4.69. The Morgan fingerprint density at radius 3 is 2.52 bits per heavy atom. The molecule has 0 bridgehead atoms. The Balaban J connectivity index is 1.52. The first-order chi connectivity index (χ1) is 12.2. The molecule has 1 N–H and O–H groups in total. The Kier molecular flexibility index (Phi) is 5.91. The summed E-state index contributed by atoms with van der Waals surface area (Å²) < 4.78 is 0. The number of aromatic nitrogens is 1. The zero-order valence-electron chi connectivity index (χ0n) is 15.3. The quantitative estimate of drug-likeness (QED) is 0.674. The third-order valence-corrected chi connectivity index (χ3v) is 5.60. The van der Waals surface area contributed by atoms with Gasteiger partial charge in [0.15, 0.2) is 5.96 Å². The number of benzene rings is 1. The van der Waals surface area contributed by atoms with Gasteiger partial charge >= 0.3 is 0 Å². The van der Waals surface area contributed by atoms with Crippen molar-refractivity contribution < 1.29 is 0 Å². The van der Waals surface area contributed by atoms with Crippen LogP contribution in [0.3, 0.4) is 0 Å². The molecule has 1 saturated heterocycles. The normalized spacial score (nSPS) is 15.8. The van der Waals surface area contributed by atoms with E-state index in [4.69, 9.17) is 0 Å². The van der Waals surface area contributed by atoms with Gasteiger partial charge < -0.3 is 15.1 Å². The molecule has 1 fully saturated rings. The summed E-state index contributed by atoms with van der Waals surface area (Å²) in [5.74, 6) is 1.45. The van der Waals surface area contributed by atoms with Gasteiger partial charge in [-0.2, -0.15) is 0 Å². The molecule has 0 radical (unpaired) electrons. The van der Waals surface area contributed by atoms with Gasteiger partial charge in [0.2, 0.25) is 0 Å². The first-order valence-electron chi connectivity index (χ1n) is 8.87. The minimum absolute atomic E-state index is 0.490. The number of thiazole rings is 1. The first-order valence-corrected chi connectivity index (χ1v) is 9.75. The van der Waals surface area contributed by atoms with Crippen LogP contribution in [0, 0.1) is 0 Å². The number of aliphatic imine (C=N–C) groups is 1. The zero-order valence-corrected chi connectivity index (χ0v) is 16.1. The third kappa shape index (κ3) is 4.51. The molecule has 1 aromatic carbocycles. The minimum Gasteiger partial charge on any atom is -0.368 e. The van der Waals surface area contributed by atoms with Crippen molar-refractivity contribution in [2.75, 3.05) is 38.1 Å². The number of hydrogen-bond acceptors (Lipinski definition) is 4. The van der Waals surface area contributed by atoms with Gasteiger partial charge in [-0.15, -0.1) is 11.3 Å². The van der Waals surface area contributed by atoms with Gasteiger partial charge in [-0.3, -0.25) is 4.99 Å². The van der Waals surface area contributed by atoms with Gasteiger partial charge in [0.25, 0.3) is 0 Å². The standard InChI is InChI=1S/C19H27N5S/c1-15(2)18-22-16(14-25-18)13-21-19(20-3)24-11-9-23(10-12-24)17-7-5-4-6-8-17/h4-8,14-15H,9-13H2,1-3H3,(H,20,21). The molecule has 25 heavy (non-hydrogen) atoms. The molecule has 1 aliphatic rings. The number of para-hydroxylation sites is 1. The lowest BCUT2D eigenvalue weighted by Crippen LogP contribution is -2.52. The predicted molar refractivity (Wildman–Crippen MR) is 107 cm³/mol. The summed E-state index contributed by atoms with van der Waals surface area (Å²) in [7, 11) is 1.85. The van der Waals surface area contributed by atoms with E-state index in [1.807, 2.05) is 7.05 Å². The molecule has 2 aromatic rings. The molecule has 0 unspecified atom stereocenters. The molecule has 0 aliphatic carbocycles. The number of rotatable bonds is 4. The van der Waals surface area contributed by atoms with Crippen LogP contribution < -0.4 is 10.2 Å². The van der Waals surface area contributed by atoms with Crippen molar-refractivity contribution in [1.82, 2.24) is 15.2 Å². The van der Waals surface area contributed by atoms with Crippen molar-refractivity contribution in [3.05, 3.63) is 46.4 Å². The Labute approximate surface area is 154 Å². The highest BCUT2D eigenvalue weighted by molar-refractivity contribution is 7.09. The maximum Gasteiger partial charge on any atom is 0.194 e. The molecule has 134 valence electrons. The van der Waals surface area contributed by atoms with E-state index in [1.54, 1.807) is 11.3 Å². The summed E-state index contributed by atoms with van der Waals surface area (Å²) in [5, 5.41) is 6.80. The van der Waals surface area contributed by atoms with Crippen LogP contribution in [0.25, 0.3) is 0 Å². The van der Waals surface area contributed by atoms with Crippen molar-refractivity contribution in [3.8, 4) is 0 Å². The first kappa shape index (κ1) is 17.7. The molecule has 1 aliphatic heterocycles. The van der Waals surface area contributed by atoms with Crippen molar-refractivity contribution in [3.63, 3.8) is 0 Å². The lowest BCUT2D eigenvalue weighted by atomic mass is 10.2. The van der Waals surface area contributed by atoms with Crippen molar-refractivity contribution in [2.45, 2.75) is 26.3 Å². The molecule has 0 saturated carbocycles. The second-order valence-electron chi connectivity index (χ2n) is 6.54. The second-order valence-corrected chi connectivity index (χ2v) is 7.43. The molecule has 0 atom stereocenters. The summed E-state index contributed by atoms with van der Waals surface area (Å²) in [6.45, 7) is 9.07. The van der Waals surface area contributed by atoms with Gasteiger partial charge in [-0.05, 0) is 12.1 Å². The third-order valence-electron chi connectivity index (χ3n) is 4.40. The van der Waals surface area contributed by atoms with E-state index in [2.05, 4.69) is 74.7 Å². The highest BCUT2D eigenvalue weighted by atomic mass is 32.1. The number of anilines is 1. The average Bonchev–Trinajstić information content (AvgIpc) is 3.13. The Morgan fingerprint density at radius 2 is 1.92 bits per heavy atom. The topological polar surface area (TPSA) is 43.8 Å². The highest BCUT2D eigenvalue weighted by Gasteiger charge is 2.19. The van der Waals surface area contributed by atoms with Crippen LogP contribution in [0.5, 0.6) is 0 Å². The Morgan fingerprint density at radius 1 is 1.20 bits per heavy atom. The van der Waals surface area contributed by atoms with Crippen LogP contribution in [-0.4, -0.2) is 49.1 Å². The molecule has 0 spiro atoms. The SMILES string of the molecule is CN=C(NCc1csc(C(C)C)n1)N1CCN(c2ccccc2)CC1. The molecular formula is C19H27N5S. The smallest absolute Gasteiger partial charge is 0.194 e. The largest absolute Gasteiger partial charge is 0.368 e. The number of hydrogen-bond donors (Lipinski definition) is 1. The van der Waals surface area contributed by atoms with Crippen LogP contribution in [0.1, 0.15) is 30.5 Å². The molecule has 3 rings (SSSR count). The monoisotopic (exact) mass is 357 g/mol. The summed E-state index contributed by atoms with van der Waals surface area (Å²) in [5.41, 5.74) is 2.39. The van der Waals surface area contributed by atoms with Gasteiger partial charge in [0.05, 0.1) is 17.2 Å². The van der Waals surface area contributed by atoms with E-state index in [0.717, 1.165) is 44.4 Å². The molecule has 6 heteroatoms. The lowest BCUT2D eigenvalue weighted by molar-refractivity contribution is 0.372. The van der Waals surface area contributed by atoms with Crippen LogP contribution in [0.15, 0.2) is 40.7 Å². The summed E-state index contributed by atoms with van der Waals surface area (Å²) in [4.78, 5) is 13.9. The Hall–Kier alpha value is -2.08. The fourth-order valence-electron chi connectivity index (χ4n) is 2.99. The Bertz CT molecular complexity index is 687. The number of nitrogens with zero attached hydrogens (tertiary/aromatic N) is 4. The summed E-state index contributed by atoms with van der Waals surface area (Å²) in [6.07, 6.45) is 0. The van der Waals surface area contributed by atoms with E-state index in [0.29, 0.717) is 5.92 Å². The average molecular weight is 358 g/mol. The fraction of sp³-hybridized carbons (Fsp3) is 0.474. The summed E-state index contributed by atoms with van der Waals surface area (Å²) >= 11 is 1.74. The van der Waals surface area contributed by atoms with Crippen LogP contribution in [0.4, 0.5) is 5.69 Å². The van der Waals surface area contributed by atoms with E-state index in [-0.39, 0.29) is 0 Å². The van der Waals surface area contributed by atoms with Crippen molar-refractivity contribution >= 4 is 23.0 Å². The van der Waals surface area contributed by atoms with Crippen LogP contribution in [-0.2, 0) is 6.54 Å². The fourth-order valence-corrected chi connectivity index (χ4v) is 3.82. The van der Waals surface area contributed by atoms with Gasteiger partial charge in [-0.25, -0.2) is 4.98 Å². The maximum atomic E-state index is 4.69. The van der Waals surface area contributed by atoms with Gasteiger partial charge in [0, 0.05) is 50.2 Å². The van der Waals surface area contributed by atoms with Gasteiger partial charge in [-0.1, -0.05) is 32.0 Å². The van der Waals surface area contributed by atoms with E-state index >= 15 is 0 Å². The van der Waals surface area contributed by atoms with Crippen LogP contribution >= 0.6 is 11.3 Å². The number of nitrogens with one attached hydrogen (secondary N) is 1. The molecule has 2 heterocycles. The molecule has 0 amide bonds. The van der Waals surface area contributed by atoms with E-state index in [9.17, 15) is 0 Å². The zero-order chi connectivity index (χ0) is 17.6. The number of guanidine groups is 1. The molecular weight excluding hydrogens is 330 g/mol. The van der Waals surface area contributed by atoms with Crippen molar-refractivity contribution in [2.24, 2.45) is 4.99 Å². The van der Waals surface area contributed by atoms with Crippen molar-refractivity contribution in [1.29, 1.82) is 0 Å². The predicted octanol–water partition coefficient (Wildman–Crippen LogP) is 3.16. The highest BCUT2D eigenvalue weighted by Crippen LogP contribution is 2.19. The summed E-state index contributed by atoms with van der Waals surface area (Å²) in [6, 6.07) is 10.6. The van der Waals surface area contributed by atoms with Crippen LogP contribution in [0.2, 0.25) is 0 Å². The second kappa shape index (κ2) is 8.34. The number of piperazine rings is 1. The van der Waals surface area contributed by atoms with E-state index < -0.39 is 0 Å².